The predicted octanol–water partition coefficient (Wildman–Crippen LogP) is 1.92. The number of aliphatic hydroxyl groups excluding tert-OH is 1. The number of aliphatic hydroxyl groups is 1. The number of carbonyl (C=O) groups excluding carboxylic acids is 1. The normalized spacial score (nSPS) is 26.3. The number of carbonyl (C=O) groups is 1. The summed E-state index contributed by atoms with van der Waals surface area (Å²) in [6.45, 7) is 6.21. The fourth-order valence-corrected chi connectivity index (χ4v) is 4.28. The van der Waals surface area contributed by atoms with Gasteiger partial charge < -0.3 is 15.3 Å². The predicted molar refractivity (Wildman–Crippen MR) is 94.6 cm³/mol. The van der Waals surface area contributed by atoms with Crippen LogP contribution in [0.25, 0.3) is 0 Å². The third-order valence-electron chi connectivity index (χ3n) is 5.53. The molecule has 24 heavy (non-hydrogen) atoms. The van der Waals surface area contributed by atoms with E-state index in [2.05, 4.69) is 40.5 Å². The zero-order chi connectivity index (χ0) is 16.9. The van der Waals surface area contributed by atoms with Gasteiger partial charge in [-0.05, 0) is 37.2 Å². The van der Waals surface area contributed by atoms with Crippen LogP contribution in [0, 0.1) is 11.8 Å². The number of urea groups is 1. The zero-order valence-electron chi connectivity index (χ0n) is 14.5. The highest BCUT2D eigenvalue weighted by Crippen LogP contribution is 2.38. The number of nitrogens with one attached hydrogen (secondary N) is 1. The van der Waals surface area contributed by atoms with Crippen molar-refractivity contribution in [3.8, 4) is 0 Å². The molecule has 1 saturated heterocycles. The largest absolute Gasteiger partial charge is 0.395 e. The highest BCUT2D eigenvalue weighted by Gasteiger charge is 2.43. The number of rotatable bonds is 6. The van der Waals surface area contributed by atoms with Gasteiger partial charge in [-0.25, -0.2) is 4.79 Å². The number of likely N-dealkylation sites (tertiary alicyclic amines) is 1. The number of fused-ring (bicyclic) bond motifs is 1. The molecule has 2 amide bonds. The SMILES string of the molecule is CCN(CCO)C(=O)NC1CCC2CN(Cc3ccccc3)CC21. The molecule has 3 atom stereocenters. The van der Waals surface area contributed by atoms with Gasteiger partial charge in [0.05, 0.1) is 6.61 Å². The van der Waals surface area contributed by atoms with Crippen molar-refractivity contribution in [3.63, 3.8) is 0 Å². The molecule has 1 aromatic rings. The number of likely N-dealkylation sites (N-methyl/N-ethyl adjacent to an activating group) is 1. The Morgan fingerprint density at radius 1 is 1.29 bits per heavy atom. The molecule has 5 nitrogen and oxygen atoms in total. The average molecular weight is 331 g/mol. The molecule has 3 rings (SSSR count). The van der Waals surface area contributed by atoms with Crippen molar-refractivity contribution in [2.24, 2.45) is 11.8 Å². The maximum absolute atomic E-state index is 12.4. The first-order valence-electron chi connectivity index (χ1n) is 9.13. The Bertz CT molecular complexity index is 537. The van der Waals surface area contributed by atoms with Crippen molar-refractivity contribution in [2.75, 3.05) is 32.8 Å². The summed E-state index contributed by atoms with van der Waals surface area (Å²) in [5, 5.41) is 12.3. The molecule has 1 saturated carbocycles. The maximum atomic E-state index is 12.4. The molecule has 1 aliphatic carbocycles. The molecular weight excluding hydrogens is 302 g/mol. The summed E-state index contributed by atoms with van der Waals surface area (Å²) in [4.78, 5) is 16.6. The van der Waals surface area contributed by atoms with Crippen LogP contribution in [0.4, 0.5) is 4.79 Å². The summed E-state index contributed by atoms with van der Waals surface area (Å²) in [6.07, 6.45) is 2.28. The van der Waals surface area contributed by atoms with Crippen LogP contribution in [0.15, 0.2) is 30.3 Å². The molecule has 132 valence electrons. The lowest BCUT2D eigenvalue weighted by Crippen LogP contribution is -2.47. The number of nitrogens with zero attached hydrogens (tertiary/aromatic N) is 2. The van der Waals surface area contributed by atoms with Crippen molar-refractivity contribution >= 4 is 6.03 Å². The molecule has 0 aromatic heterocycles. The van der Waals surface area contributed by atoms with Crippen molar-refractivity contribution < 1.29 is 9.90 Å². The van der Waals surface area contributed by atoms with Gasteiger partial charge in [-0.2, -0.15) is 0 Å². The Labute approximate surface area is 144 Å². The van der Waals surface area contributed by atoms with Gasteiger partial charge in [0.25, 0.3) is 0 Å². The fraction of sp³-hybridized carbons (Fsp3) is 0.632. The number of amides is 2. The lowest BCUT2D eigenvalue weighted by Gasteiger charge is -2.26. The highest BCUT2D eigenvalue weighted by molar-refractivity contribution is 5.74. The number of benzene rings is 1. The molecule has 5 heteroatoms. The molecule has 3 unspecified atom stereocenters. The first-order valence-corrected chi connectivity index (χ1v) is 9.13. The molecule has 0 spiro atoms. The van der Waals surface area contributed by atoms with E-state index in [4.69, 9.17) is 5.11 Å². The van der Waals surface area contributed by atoms with Crippen molar-refractivity contribution in [3.05, 3.63) is 35.9 Å². The van der Waals surface area contributed by atoms with E-state index in [0.29, 0.717) is 24.9 Å². The molecule has 2 aliphatic rings. The van der Waals surface area contributed by atoms with Crippen LogP contribution in [0.2, 0.25) is 0 Å². The van der Waals surface area contributed by atoms with E-state index in [-0.39, 0.29) is 18.7 Å². The first-order chi connectivity index (χ1) is 11.7. The summed E-state index contributed by atoms with van der Waals surface area (Å²) in [5.74, 6) is 1.26. The van der Waals surface area contributed by atoms with Crippen molar-refractivity contribution in [2.45, 2.75) is 32.4 Å². The smallest absolute Gasteiger partial charge is 0.317 e. The minimum absolute atomic E-state index is 0.0167. The minimum atomic E-state index is -0.0290. The summed E-state index contributed by atoms with van der Waals surface area (Å²) >= 11 is 0. The Morgan fingerprint density at radius 2 is 2.08 bits per heavy atom. The van der Waals surface area contributed by atoms with Gasteiger partial charge in [0, 0.05) is 38.8 Å². The van der Waals surface area contributed by atoms with Gasteiger partial charge in [-0.1, -0.05) is 30.3 Å². The minimum Gasteiger partial charge on any atom is -0.395 e. The van der Waals surface area contributed by atoms with Crippen LogP contribution in [0.1, 0.15) is 25.3 Å². The van der Waals surface area contributed by atoms with E-state index in [1.807, 2.05) is 6.92 Å². The van der Waals surface area contributed by atoms with Gasteiger partial charge >= 0.3 is 6.03 Å². The van der Waals surface area contributed by atoms with Crippen molar-refractivity contribution in [1.29, 1.82) is 0 Å². The van der Waals surface area contributed by atoms with Crippen LogP contribution in [-0.2, 0) is 6.54 Å². The Hall–Kier alpha value is -1.59. The first kappa shape index (κ1) is 17.2. The number of hydrogen-bond donors (Lipinski definition) is 2. The van der Waals surface area contributed by atoms with E-state index in [9.17, 15) is 4.79 Å². The molecule has 0 radical (unpaired) electrons. The summed E-state index contributed by atoms with van der Waals surface area (Å²) in [7, 11) is 0. The number of hydrogen-bond acceptors (Lipinski definition) is 3. The van der Waals surface area contributed by atoms with E-state index >= 15 is 0 Å². The van der Waals surface area contributed by atoms with Crippen LogP contribution in [0.5, 0.6) is 0 Å². The van der Waals surface area contributed by atoms with E-state index in [1.165, 1.54) is 12.0 Å². The third-order valence-corrected chi connectivity index (χ3v) is 5.53. The van der Waals surface area contributed by atoms with Crippen molar-refractivity contribution in [1.82, 2.24) is 15.1 Å². The van der Waals surface area contributed by atoms with Gasteiger partial charge in [0.1, 0.15) is 0 Å². The second kappa shape index (κ2) is 7.99. The van der Waals surface area contributed by atoms with Crippen LogP contribution >= 0.6 is 0 Å². The molecule has 0 bridgehead atoms. The standard InChI is InChI=1S/C19H29N3O2/c1-2-22(10-11-23)19(24)20-18-9-8-16-13-21(14-17(16)18)12-15-6-4-3-5-7-15/h3-7,16-18,23H,2,8-14H2,1H3,(H,20,24). The quantitative estimate of drug-likeness (QED) is 0.837. The molecule has 1 aromatic carbocycles. The topological polar surface area (TPSA) is 55.8 Å². The average Bonchev–Trinajstić information content (AvgIpc) is 3.15. The van der Waals surface area contributed by atoms with Gasteiger partial charge in [0.2, 0.25) is 0 Å². The van der Waals surface area contributed by atoms with E-state index < -0.39 is 0 Å². The molecule has 2 N–H and O–H groups in total. The van der Waals surface area contributed by atoms with Gasteiger partial charge in [-0.3, -0.25) is 4.90 Å². The second-order valence-corrected chi connectivity index (χ2v) is 7.04. The Kier molecular flexibility index (Phi) is 5.74. The zero-order valence-corrected chi connectivity index (χ0v) is 14.5. The maximum Gasteiger partial charge on any atom is 0.317 e. The van der Waals surface area contributed by atoms with Crippen LogP contribution < -0.4 is 5.32 Å². The van der Waals surface area contributed by atoms with Crippen LogP contribution in [0.3, 0.4) is 0 Å². The molecule has 2 fully saturated rings. The molecule has 1 heterocycles. The van der Waals surface area contributed by atoms with E-state index in [0.717, 1.165) is 26.1 Å². The lowest BCUT2D eigenvalue weighted by molar-refractivity contribution is 0.173. The molecular formula is C19H29N3O2. The Morgan fingerprint density at radius 3 is 2.79 bits per heavy atom. The monoisotopic (exact) mass is 331 g/mol. The van der Waals surface area contributed by atoms with Gasteiger partial charge in [-0.15, -0.1) is 0 Å². The Balaban J connectivity index is 1.54. The second-order valence-electron chi connectivity index (χ2n) is 7.04. The lowest BCUT2D eigenvalue weighted by atomic mass is 9.98. The fourth-order valence-electron chi connectivity index (χ4n) is 4.28. The molecule has 1 aliphatic heterocycles. The summed E-state index contributed by atoms with van der Waals surface area (Å²) in [6, 6.07) is 10.9. The highest BCUT2D eigenvalue weighted by atomic mass is 16.3. The van der Waals surface area contributed by atoms with Gasteiger partial charge in [0.15, 0.2) is 0 Å². The van der Waals surface area contributed by atoms with Crippen LogP contribution in [-0.4, -0.2) is 59.8 Å². The van der Waals surface area contributed by atoms with E-state index in [1.54, 1.807) is 4.90 Å². The summed E-state index contributed by atoms with van der Waals surface area (Å²) < 4.78 is 0. The summed E-state index contributed by atoms with van der Waals surface area (Å²) in [5.41, 5.74) is 1.36. The third kappa shape index (κ3) is 3.90.